The fraction of sp³-hybridized carbons (Fsp3) is 0.545. The minimum atomic E-state index is -0.624. The van der Waals surface area contributed by atoms with Crippen LogP contribution < -0.4 is 0 Å². The molecule has 1 aliphatic carbocycles. The van der Waals surface area contributed by atoms with Crippen LogP contribution >= 0.6 is 27.3 Å². The number of halogens is 1. The van der Waals surface area contributed by atoms with Gasteiger partial charge in [-0.15, -0.1) is 11.3 Å². The molecule has 82 valence electrons. The van der Waals surface area contributed by atoms with Gasteiger partial charge in [0, 0.05) is 4.88 Å². The summed E-state index contributed by atoms with van der Waals surface area (Å²) in [6.07, 6.45) is 3.69. The van der Waals surface area contributed by atoms with E-state index in [0.717, 1.165) is 29.5 Å². The van der Waals surface area contributed by atoms with Crippen LogP contribution in [0, 0.1) is 5.92 Å². The van der Waals surface area contributed by atoms with Gasteiger partial charge in [-0.3, -0.25) is 4.79 Å². The summed E-state index contributed by atoms with van der Waals surface area (Å²) in [5.74, 6) is -0.151. The maximum atomic E-state index is 10.8. The average Bonchev–Trinajstić information content (AvgIpc) is 2.65. The molecule has 1 heterocycles. The van der Waals surface area contributed by atoms with Gasteiger partial charge in [0.1, 0.15) is 0 Å². The van der Waals surface area contributed by atoms with Gasteiger partial charge in [0.05, 0.1) is 9.70 Å². The monoisotopic (exact) mass is 288 g/mol. The number of hydrogen-bond acceptors (Lipinski definition) is 2. The van der Waals surface area contributed by atoms with Gasteiger partial charge < -0.3 is 5.11 Å². The zero-order valence-corrected chi connectivity index (χ0v) is 10.7. The molecule has 0 unspecified atom stereocenters. The van der Waals surface area contributed by atoms with Gasteiger partial charge in [-0.25, -0.2) is 0 Å². The Labute approximate surface area is 101 Å². The highest BCUT2D eigenvalue weighted by Crippen LogP contribution is 2.39. The molecule has 0 amide bonds. The normalized spacial score (nSPS) is 26.5. The molecule has 1 aliphatic rings. The Balaban J connectivity index is 1.96. The maximum absolute atomic E-state index is 10.8. The summed E-state index contributed by atoms with van der Waals surface area (Å²) in [5.41, 5.74) is 0. The molecule has 0 aromatic carbocycles. The lowest BCUT2D eigenvalue weighted by Gasteiger charge is -2.25. The molecule has 0 aliphatic heterocycles. The molecule has 0 radical (unpaired) electrons. The predicted molar refractivity (Wildman–Crippen MR) is 64.4 cm³/mol. The average molecular weight is 289 g/mol. The molecule has 0 spiro atoms. The largest absolute Gasteiger partial charge is 0.481 e. The van der Waals surface area contributed by atoms with Crippen LogP contribution in [-0.2, 0) is 4.79 Å². The molecular weight excluding hydrogens is 276 g/mol. The van der Waals surface area contributed by atoms with Crippen LogP contribution in [-0.4, -0.2) is 11.1 Å². The lowest BCUT2D eigenvalue weighted by atomic mass is 9.81. The second kappa shape index (κ2) is 4.66. The number of hydrogen-bond donors (Lipinski definition) is 1. The highest BCUT2D eigenvalue weighted by Gasteiger charge is 2.27. The summed E-state index contributed by atoms with van der Waals surface area (Å²) >= 11 is 5.23. The van der Waals surface area contributed by atoms with Gasteiger partial charge in [-0.05, 0) is 59.7 Å². The Hall–Kier alpha value is -0.350. The first-order valence-corrected chi connectivity index (χ1v) is 6.76. The highest BCUT2D eigenvalue weighted by atomic mass is 79.9. The third-order valence-electron chi connectivity index (χ3n) is 3.07. The summed E-state index contributed by atoms with van der Waals surface area (Å²) in [6, 6.07) is 4.23. The van der Waals surface area contributed by atoms with Crippen molar-refractivity contribution in [1.82, 2.24) is 0 Å². The van der Waals surface area contributed by atoms with E-state index in [9.17, 15) is 4.79 Å². The van der Waals surface area contributed by atoms with Crippen molar-refractivity contribution in [3.8, 4) is 0 Å². The van der Waals surface area contributed by atoms with Crippen molar-refractivity contribution in [2.45, 2.75) is 31.6 Å². The topological polar surface area (TPSA) is 37.3 Å². The Bertz CT molecular complexity index is 353. The lowest BCUT2D eigenvalue weighted by Crippen LogP contribution is -2.20. The molecular formula is C11H13BrO2S. The summed E-state index contributed by atoms with van der Waals surface area (Å²) < 4.78 is 1.16. The van der Waals surface area contributed by atoms with Crippen LogP contribution in [0.5, 0.6) is 0 Å². The third-order valence-corrected chi connectivity index (χ3v) is 4.86. The molecule has 2 nitrogen and oxygen atoms in total. The van der Waals surface area contributed by atoms with Gasteiger partial charge in [-0.2, -0.15) is 0 Å². The number of carboxylic acid groups (broad SMARTS) is 1. The molecule has 1 fully saturated rings. The Morgan fingerprint density at radius 1 is 1.33 bits per heavy atom. The molecule has 4 heteroatoms. The highest BCUT2D eigenvalue weighted by molar-refractivity contribution is 9.11. The SMILES string of the molecule is O=C(O)C1CCC(c2ccc(Br)s2)CC1. The van der Waals surface area contributed by atoms with Gasteiger partial charge in [0.15, 0.2) is 0 Å². The number of carboxylic acids is 1. The summed E-state index contributed by atoms with van der Waals surface area (Å²) in [5, 5.41) is 8.89. The van der Waals surface area contributed by atoms with E-state index in [-0.39, 0.29) is 5.92 Å². The van der Waals surface area contributed by atoms with Crippen molar-refractivity contribution in [3.63, 3.8) is 0 Å². The van der Waals surface area contributed by atoms with Crippen LogP contribution in [0.3, 0.4) is 0 Å². The van der Waals surface area contributed by atoms with Crippen LogP contribution in [0.1, 0.15) is 36.5 Å². The zero-order valence-electron chi connectivity index (χ0n) is 8.28. The number of thiophene rings is 1. The number of rotatable bonds is 2. The third kappa shape index (κ3) is 2.61. The van der Waals surface area contributed by atoms with E-state index in [0.29, 0.717) is 5.92 Å². The summed E-state index contributed by atoms with van der Waals surface area (Å²) in [7, 11) is 0. The van der Waals surface area contributed by atoms with E-state index in [1.807, 2.05) is 0 Å². The van der Waals surface area contributed by atoms with Crippen molar-refractivity contribution in [3.05, 3.63) is 20.8 Å². The fourth-order valence-electron chi connectivity index (χ4n) is 2.17. The second-order valence-electron chi connectivity index (χ2n) is 4.03. The van der Waals surface area contributed by atoms with E-state index in [2.05, 4.69) is 28.1 Å². The fourth-order valence-corrected chi connectivity index (χ4v) is 3.77. The van der Waals surface area contributed by atoms with E-state index in [4.69, 9.17) is 5.11 Å². The van der Waals surface area contributed by atoms with Crippen molar-refractivity contribution in [1.29, 1.82) is 0 Å². The minimum Gasteiger partial charge on any atom is -0.481 e. The first-order valence-electron chi connectivity index (χ1n) is 5.15. The maximum Gasteiger partial charge on any atom is 0.306 e. The molecule has 1 aromatic heterocycles. The first-order chi connectivity index (χ1) is 7.16. The zero-order chi connectivity index (χ0) is 10.8. The van der Waals surface area contributed by atoms with Crippen molar-refractivity contribution >= 4 is 33.2 Å². The van der Waals surface area contributed by atoms with E-state index in [1.165, 1.54) is 4.88 Å². The van der Waals surface area contributed by atoms with Crippen LogP contribution in [0.4, 0.5) is 0 Å². The first kappa shape index (κ1) is 11.1. The molecule has 1 saturated carbocycles. The minimum absolute atomic E-state index is 0.107. The Kier molecular flexibility index (Phi) is 3.46. The van der Waals surface area contributed by atoms with E-state index in [1.54, 1.807) is 11.3 Å². The van der Waals surface area contributed by atoms with Crippen LogP contribution in [0.15, 0.2) is 15.9 Å². The molecule has 1 N–H and O–H groups in total. The molecule has 0 atom stereocenters. The molecule has 2 rings (SSSR count). The lowest BCUT2D eigenvalue weighted by molar-refractivity contribution is -0.142. The van der Waals surface area contributed by atoms with Crippen molar-refractivity contribution in [2.24, 2.45) is 5.92 Å². The second-order valence-corrected chi connectivity index (χ2v) is 6.52. The summed E-state index contributed by atoms with van der Waals surface area (Å²) in [4.78, 5) is 12.2. The van der Waals surface area contributed by atoms with Crippen LogP contribution in [0.25, 0.3) is 0 Å². The van der Waals surface area contributed by atoms with Crippen molar-refractivity contribution in [2.75, 3.05) is 0 Å². The Morgan fingerprint density at radius 2 is 2.00 bits per heavy atom. The molecule has 1 aromatic rings. The number of carbonyl (C=O) groups is 1. The molecule has 0 bridgehead atoms. The standard InChI is InChI=1S/C11H13BrO2S/c12-10-6-5-9(15-10)7-1-3-8(4-2-7)11(13)14/h5-8H,1-4H2,(H,13,14). The van der Waals surface area contributed by atoms with E-state index >= 15 is 0 Å². The smallest absolute Gasteiger partial charge is 0.306 e. The van der Waals surface area contributed by atoms with Crippen molar-refractivity contribution < 1.29 is 9.90 Å². The van der Waals surface area contributed by atoms with Crippen LogP contribution in [0.2, 0.25) is 0 Å². The predicted octanol–water partition coefficient (Wildman–Crippen LogP) is 3.87. The Morgan fingerprint density at radius 3 is 2.47 bits per heavy atom. The number of aliphatic carboxylic acids is 1. The van der Waals surface area contributed by atoms with Gasteiger partial charge in [0.25, 0.3) is 0 Å². The van der Waals surface area contributed by atoms with Gasteiger partial charge in [-0.1, -0.05) is 0 Å². The van der Waals surface area contributed by atoms with E-state index < -0.39 is 5.97 Å². The molecule has 15 heavy (non-hydrogen) atoms. The van der Waals surface area contributed by atoms with Gasteiger partial charge in [0.2, 0.25) is 0 Å². The molecule has 0 saturated heterocycles. The summed E-state index contributed by atoms with van der Waals surface area (Å²) in [6.45, 7) is 0. The quantitative estimate of drug-likeness (QED) is 0.897. The van der Waals surface area contributed by atoms with Gasteiger partial charge >= 0.3 is 5.97 Å².